The van der Waals surface area contributed by atoms with Crippen LogP contribution < -0.4 is 0 Å². The van der Waals surface area contributed by atoms with Gasteiger partial charge in [-0.25, -0.2) is 4.98 Å². The highest BCUT2D eigenvalue weighted by atomic mass is 35.5. The van der Waals surface area contributed by atoms with E-state index in [0.29, 0.717) is 16.8 Å². The Balaban J connectivity index is 2.34. The van der Waals surface area contributed by atoms with Crippen LogP contribution in [0, 0.1) is 5.92 Å². The standard InChI is InChI=1S/C16H22Cl2N2/c1-3-5-7-12(4-2)11-20-14-9-6-8-13(18)16(14)19-15(20)10-17/h6,8-9,12H,3-5,7,10-11H2,1-2H3. The highest BCUT2D eigenvalue weighted by Gasteiger charge is 2.15. The van der Waals surface area contributed by atoms with Crippen LogP contribution in [0.1, 0.15) is 45.4 Å². The van der Waals surface area contributed by atoms with Crippen molar-refractivity contribution in [3.05, 3.63) is 29.0 Å². The number of nitrogens with zero attached hydrogens (tertiary/aromatic N) is 2. The molecule has 1 unspecified atom stereocenters. The van der Waals surface area contributed by atoms with Gasteiger partial charge in [-0.1, -0.05) is 50.8 Å². The Hall–Kier alpha value is -0.730. The first-order valence-electron chi connectivity index (χ1n) is 7.40. The SMILES string of the molecule is CCCCC(CC)Cn1c(CCl)nc2c(Cl)cccc21. The number of alkyl halides is 1. The summed E-state index contributed by atoms with van der Waals surface area (Å²) in [5, 5.41) is 0.703. The van der Waals surface area contributed by atoms with Crippen LogP contribution >= 0.6 is 23.2 Å². The van der Waals surface area contributed by atoms with Crippen molar-refractivity contribution < 1.29 is 0 Å². The fourth-order valence-corrected chi connectivity index (χ4v) is 3.06. The summed E-state index contributed by atoms with van der Waals surface area (Å²) in [5.41, 5.74) is 1.97. The van der Waals surface area contributed by atoms with Gasteiger partial charge in [0.15, 0.2) is 0 Å². The van der Waals surface area contributed by atoms with Crippen molar-refractivity contribution in [3.63, 3.8) is 0 Å². The molecule has 1 atom stereocenters. The van der Waals surface area contributed by atoms with Gasteiger partial charge in [-0.15, -0.1) is 11.6 Å². The molecule has 1 aromatic heterocycles. The summed E-state index contributed by atoms with van der Waals surface area (Å²) in [5.74, 6) is 2.02. The van der Waals surface area contributed by atoms with Crippen LogP contribution in [0.25, 0.3) is 11.0 Å². The van der Waals surface area contributed by atoms with E-state index in [1.807, 2.05) is 12.1 Å². The predicted molar refractivity (Wildman–Crippen MR) is 87.6 cm³/mol. The lowest BCUT2D eigenvalue weighted by Gasteiger charge is -2.17. The van der Waals surface area contributed by atoms with Crippen molar-refractivity contribution in [3.8, 4) is 0 Å². The summed E-state index contributed by atoms with van der Waals surface area (Å²) in [6, 6.07) is 5.94. The molecule has 4 heteroatoms. The lowest BCUT2D eigenvalue weighted by atomic mass is 9.99. The molecule has 0 spiro atoms. The minimum atomic E-state index is 0.426. The normalized spacial score (nSPS) is 13.0. The summed E-state index contributed by atoms with van der Waals surface area (Å²) in [6.07, 6.45) is 4.97. The van der Waals surface area contributed by atoms with Gasteiger partial charge in [0.25, 0.3) is 0 Å². The Morgan fingerprint density at radius 2 is 2.10 bits per heavy atom. The van der Waals surface area contributed by atoms with E-state index in [2.05, 4.69) is 29.5 Å². The van der Waals surface area contributed by atoms with Crippen molar-refractivity contribution in [1.29, 1.82) is 0 Å². The summed E-state index contributed by atoms with van der Waals surface area (Å²) < 4.78 is 2.25. The first-order valence-corrected chi connectivity index (χ1v) is 8.32. The van der Waals surface area contributed by atoms with Crippen LogP contribution in [0.15, 0.2) is 18.2 Å². The lowest BCUT2D eigenvalue weighted by molar-refractivity contribution is 0.391. The molecule has 0 saturated carbocycles. The number of rotatable bonds is 7. The quantitative estimate of drug-likeness (QED) is 0.604. The largest absolute Gasteiger partial charge is 0.327 e. The van der Waals surface area contributed by atoms with Gasteiger partial charge in [0.1, 0.15) is 11.3 Å². The Labute approximate surface area is 131 Å². The molecule has 2 rings (SSSR count). The molecule has 0 N–H and O–H groups in total. The zero-order valence-corrected chi connectivity index (χ0v) is 13.7. The third kappa shape index (κ3) is 3.29. The minimum Gasteiger partial charge on any atom is -0.327 e. The molecule has 2 nitrogen and oxygen atoms in total. The van der Waals surface area contributed by atoms with Crippen molar-refractivity contribution >= 4 is 34.2 Å². The molecule has 1 heterocycles. The Bertz CT molecular complexity index is 563. The van der Waals surface area contributed by atoms with Gasteiger partial charge in [-0.05, 0) is 24.5 Å². The summed E-state index contributed by atoms with van der Waals surface area (Å²) in [6.45, 7) is 5.48. The van der Waals surface area contributed by atoms with Gasteiger partial charge in [-0.3, -0.25) is 0 Å². The topological polar surface area (TPSA) is 17.8 Å². The monoisotopic (exact) mass is 312 g/mol. The van der Waals surface area contributed by atoms with Gasteiger partial charge in [0.2, 0.25) is 0 Å². The molecule has 110 valence electrons. The van der Waals surface area contributed by atoms with Crippen LogP contribution in [0.5, 0.6) is 0 Å². The third-order valence-corrected chi connectivity index (χ3v) is 4.46. The molecule has 20 heavy (non-hydrogen) atoms. The van der Waals surface area contributed by atoms with E-state index < -0.39 is 0 Å². The Morgan fingerprint density at radius 1 is 1.30 bits per heavy atom. The smallest absolute Gasteiger partial charge is 0.124 e. The van der Waals surface area contributed by atoms with Crippen LogP contribution in [0.3, 0.4) is 0 Å². The average molecular weight is 313 g/mol. The average Bonchev–Trinajstić information content (AvgIpc) is 2.82. The maximum atomic E-state index is 6.23. The molecule has 0 aliphatic heterocycles. The summed E-state index contributed by atoms with van der Waals surface area (Å²) in [4.78, 5) is 4.60. The number of fused-ring (bicyclic) bond motifs is 1. The number of halogens is 2. The van der Waals surface area contributed by atoms with E-state index in [0.717, 1.165) is 23.4 Å². The van der Waals surface area contributed by atoms with Gasteiger partial charge >= 0.3 is 0 Å². The molecule has 0 amide bonds. The fourth-order valence-electron chi connectivity index (χ4n) is 2.64. The van der Waals surface area contributed by atoms with E-state index in [4.69, 9.17) is 23.2 Å². The number of hydrogen-bond donors (Lipinski definition) is 0. The number of imidazole rings is 1. The summed E-state index contributed by atoms with van der Waals surface area (Å²) in [7, 11) is 0. The molecular weight excluding hydrogens is 291 g/mol. The highest BCUT2D eigenvalue weighted by molar-refractivity contribution is 6.35. The number of hydrogen-bond acceptors (Lipinski definition) is 1. The van der Waals surface area contributed by atoms with Crippen molar-refractivity contribution in [1.82, 2.24) is 9.55 Å². The Morgan fingerprint density at radius 3 is 2.75 bits per heavy atom. The van der Waals surface area contributed by atoms with E-state index in [9.17, 15) is 0 Å². The van der Waals surface area contributed by atoms with Gasteiger partial charge < -0.3 is 4.57 Å². The first kappa shape index (κ1) is 15.7. The molecular formula is C16H22Cl2N2. The number of unbranched alkanes of at least 4 members (excludes halogenated alkanes) is 1. The first-order chi connectivity index (χ1) is 9.71. The lowest BCUT2D eigenvalue weighted by Crippen LogP contribution is -2.12. The predicted octanol–water partition coefficient (Wildman–Crippen LogP) is 5.64. The molecule has 0 fully saturated rings. The van der Waals surface area contributed by atoms with Gasteiger partial charge in [0, 0.05) is 6.54 Å². The maximum absolute atomic E-state index is 6.23. The van der Waals surface area contributed by atoms with Crippen molar-refractivity contribution in [2.75, 3.05) is 0 Å². The molecule has 0 bridgehead atoms. The van der Waals surface area contributed by atoms with Gasteiger partial charge in [-0.2, -0.15) is 0 Å². The highest BCUT2D eigenvalue weighted by Crippen LogP contribution is 2.27. The number of para-hydroxylation sites is 1. The van der Waals surface area contributed by atoms with E-state index in [1.54, 1.807) is 0 Å². The molecule has 0 radical (unpaired) electrons. The van der Waals surface area contributed by atoms with Crippen LogP contribution in [-0.2, 0) is 12.4 Å². The zero-order valence-electron chi connectivity index (χ0n) is 12.2. The van der Waals surface area contributed by atoms with E-state index in [1.165, 1.54) is 25.7 Å². The second-order valence-corrected chi connectivity index (χ2v) is 5.97. The van der Waals surface area contributed by atoms with Crippen LogP contribution in [0.4, 0.5) is 0 Å². The molecule has 2 aromatic rings. The second kappa shape index (κ2) is 7.33. The third-order valence-electron chi connectivity index (χ3n) is 3.91. The van der Waals surface area contributed by atoms with E-state index in [-0.39, 0.29) is 0 Å². The minimum absolute atomic E-state index is 0.426. The molecule has 0 aliphatic carbocycles. The molecule has 0 aliphatic rings. The van der Waals surface area contributed by atoms with Gasteiger partial charge in [0.05, 0.1) is 16.4 Å². The Kier molecular flexibility index (Phi) is 5.74. The van der Waals surface area contributed by atoms with Crippen molar-refractivity contribution in [2.24, 2.45) is 5.92 Å². The second-order valence-electron chi connectivity index (χ2n) is 5.30. The van der Waals surface area contributed by atoms with Crippen molar-refractivity contribution in [2.45, 2.75) is 52.0 Å². The fraction of sp³-hybridized carbons (Fsp3) is 0.562. The van der Waals surface area contributed by atoms with E-state index >= 15 is 0 Å². The molecule has 1 aromatic carbocycles. The number of aromatic nitrogens is 2. The molecule has 0 saturated heterocycles. The zero-order chi connectivity index (χ0) is 14.5. The number of benzene rings is 1. The van der Waals surface area contributed by atoms with Crippen LogP contribution in [0.2, 0.25) is 5.02 Å². The summed E-state index contributed by atoms with van der Waals surface area (Å²) >= 11 is 12.3. The van der Waals surface area contributed by atoms with Crippen LogP contribution in [-0.4, -0.2) is 9.55 Å². The maximum Gasteiger partial charge on any atom is 0.124 e.